The summed E-state index contributed by atoms with van der Waals surface area (Å²) in [6.45, 7) is 0. The molecule has 0 aliphatic heterocycles. The van der Waals surface area contributed by atoms with Crippen molar-refractivity contribution in [3.8, 4) is 5.75 Å². The van der Waals surface area contributed by atoms with E-state index in [1.807, 2.05) is 18.2 Å². The first-order valence-electron chi connectivity index (χ1n) is 7.35. The van der Waals surface area contributed by atoms with E-state index in [1.165, 1.54) is 19.3 Å². The lowest BCUT2D eigenvalue weighted by Crippen LogP contribution is -2.23. The van der Waals surface area contributed by atoms with Gasteiger partial charge in [-0.2, -0.15) is 0 Å². The molecule has 1 aromatic carbocycles. The molecule has 1 saturated carbocycles. The molecule has 0 atom stereocenters. The van der Waals surface area contributed by atoms with Crippen molar-refractivity contribution < 1.29 is 9.53 Å². The lowest BCUT2D eigenvalue weighted by Gasteiger charge is -2.20. The van der Waals surface area contributed by atoms with Gasteiger partial charge in [-0.25, -0.2) is 0 Å². The minimum atomic E-state index is 0.128. The molecule has 0 bridgehead atoms. The molecule has 1 aliphatic rings. The third-order valence-corrected chi connectivity index (χ3v) is 4.39. The van der Waals surface area contributed by atoms with Crippen molar-refractivity contribution in [3.63, 3.8) is 0 Å². The summed E-state index contributed by atoms with van der Waals surface area (Å²) in [6.07, 6.45) is 8.15. The molecule has 0 radical (unpaired) electrons. The van der Waals surface area contributed by atoms with E-state index in [1.54, 1.807) is 7.11 Å². The number of nitrogens with one attached hydrogen (secondary N) is 1. The first kappa shape index (κ1) is 15.4. The molecule has 0 spiro atoms. The highest BCUT2D eigenvalue weighted by molar-refractivity contribution is 9.10. The second-order valence-electron chi connectivity index (χ2n) is 5.38. The van der Waals surface area contributed by atoms with Gasteiger partial charge in [-0.3, -0.25) is 4.79 Å². The predicted octanol–water partition coefficient (Wildman–Crippen LogP) is 4.76. The molecule has 1 fully saturated rings. The Morgan fingerprint density at radius 2 is 1.85 bits per heavy atom. The van der Waals surface area contributed by atoms with E-state index in [0.717, 1.165) is 35.8 Å². The average molecular weight is 340 g/mol. The minimum Gasteiger partial charge on any atom is -0.495 e. The van der Waals surface area contributed by atoms with Gasteiger partial charge in [-0.05, 0) is 31.0 Å². The second-order valence-corrected chi connectivity index (χ2v) is 6.29. The van der Waals surface area contributed by atoms with Crippen molar-refractivity contribution in [1.29, 1.82) is 0 Å². The summed E-state index contributed by atoms with van der Waals surface area (Å²) in [7, 11) is 1.62. The van der Waals surface area contributed by atoms with E-state index in [2.05, 4.69) is 21.2 Å². The standard InChI is InChI=1S/C16H22BrNO2/c1-20-15-10-9-13(17)11-14(15)18-16(19)12-7-5-3-2-4-6-8-12/h9-12H,2-8H2,1H3,(H,18,19). The molecule has 1 amide bonds. The molecule has 110 valence electrons. The Bertz CT molecular complexity index is 454. The Hall–Kier alpha value is -1.03. The molecule has 3 nitrogen and oxygen atoms in total. The van der Waals surface area contributed by atoms with Crippen LogP contribution >= 0.6 is 15.9 Å². The van der Waals surface area contributed by atoms with Crippen LogP contribution in [0.2, 0.25) is 0 Å². The number of methoxy groups -OCH3 is 1. The summed E-state index contributed by atoms with van der Waals surface area (Å²) in [5, 5.41) is 3.03. The molecule has 4 heteroatoms. The van der Waals surface area contributed by atoms with E-state index < -0.39 is 0 Å². The van der Waals surface area contributed by atoms with Gasteiger partial charge >= 0.3 is 0 Å². The molecule has 0 saturated heterocycles. The highest BCUT2D eigenvalue weighted by atomic mass is 79.9. The summed E-state index contributed by atoms with van der Waals surface area (Å²) >= 11 is 3.43. The van der Waals surface area contributed by atoms with E-state index in [4.69, 9.17) is 4.74 Å². The minimum absolute atomic E-state index is 0.128. The Morgan fingerprint density at radius 3 is 2.50 bits per heavy atom. The Morgan fingerprint density at radius 1 is 1.20 bits per heavy atom. The van der Waals surface area contributed by atoms with Crippen LogP contribution in [0.5, 0.6) is 5.75 Å². The second kappa shape index (κ2) is 7.67. The van der Waals surface area contributed by atoms with E-state index >= 15 is 0 Å². The monoisotopic (exact) mass is 339 g/mol. The molecule has 0 heterocycles. The third-order valence-electron chi connectivity index (χ3n) is 3.90. The van der Waals surface area contributed by atoms with Gasteiger partial charge in [0.25, 0.3) is 0 Å². The van der Waals surface area contributed by atoms with Gasteiger partial charge in [0, 0.05) is 10.4 Å². The molecule has 1 aliphatic carbocycles. The Labute approximate surface area is 129 Å². The lowest BCUT2D eigenvalue weighted by molar-refractivity contribution is -0.120. The maximum atomic E-state index is 12.4. The quantitative estimate of drug-likeness (QED) is 0.862. The molecular formula is C16H22BrNO2. The highest BCUT2D eigenvalue weighted by Gasteiger charge is 2.20. The Kier molecular flexibility index (Phi) is 5.89. The van der Waals surface area contributed by atoms with Crippen LogP contribution in [-0.4, -0.2) is 13.0 Å². The third kappa shape index (κ3) is 4.23. The number of amides is 1. The van der Waals surface area contributed by atoms with Gasteiger partial charge in [0.1, 0.15) is 5.75 Å². The van der Waals surface area contributed by atoms with Crippen molar-refractivity contribution >= 4 is 27.5 Å². The molecule has 2 rings (SSSR count). The number of hydrogen-bond acceptors (Lipinski definition) is 2. The van der Waals surface area contributed by atoms with Gasteiger partial charge in [-0.1, -0.05) is 48.0 Å². The van der Waals surface area contributed by atoms with Crippen molar-refractivity contribution in [3.05, 3.63) is 22.7 Å². The summed E-state index contributed by atoms with van der Waals surface area (Å²) in [5.41, 5.74) is 0.744. The van der Waals surface area contributed by atoms with Gasteiger partial charge in [0.15, 0.2) is 0 Å². The zero-order chi connectivity index (χ0) is 14.4. The van der Waals surface area contributed by atoms with Gasteiger partial charge in [-0.15, -0.1) is 0 Å². The van der Waals surface area contributed by atoms with E-state index in [-0.39, 0.29) is 11.8 Å². The zero-order valence-corrected chi connectivity index (χ0v) is 13.5. The summed E-state index contributed by atoms with van der Waals surface area (Å²) < 4.78 is 6.23. The topological polar surface area (TPSA) is 38.3 Å². The van der Waals surface area contributed by atoms with Crippen LogP contribution in [0.15, 0.2) is 22.7 Å². The van der Waals surface area contributed by atoms with Crippen LogP contribution in [0.4, 0.5) is 5.69 Å². The van der Waals surface area contributed by atoms with Crippen LogP contribution in [-0.2, 0) is 4.79 Å². The van der Waals surface area contributed by atoms with E-state index in [9.17, 15) is 4.79 Å². The molecular weight excluding hydrogens is 318 g/mol. The first-order valence-corrected chi connectivity index (χ1v) is 8.14. The molecule has 20 heavy (non-hydrogen) atoms. The number of benzene rings is 1. The lowest BCUT2D eigenvalue weighted by atomic mass is 9.90. The number of carbonyl (C=O) groups excluding carboxylic acids is 1. The Balaban J connectivity index is 2.04. The van der Waals surface area contributed by atoms with Crippen molar-refractivity contribution in [1.82, 2.24) is 0 Å². The molecule has 1 aromatic rings. The van der Waals surface area contributed by atoms with Crippen molar-refractivity contribution in [2.75, 3.05) is 12.4 Å². The van der Waals surface area contributed by atoms with Crippen LogP contribution in [0, 0.1) is 5.92 Å². The number of halogens is 1. The number of carbonyl (C=O) groups is 1. The summed E-state index contributed by atoms with van der Waals surface area (Å²) in [5.74, 6) is 0.967. The SMILES string of the molecule is COc1ccc(Br)cc1NC(=O)C1CCCCCCC1. The normalized spacial score (nSPS) is 17.1. The van der Waals surface area contributed by atoms with Crippen LogP contribution in [0.25, 0.3) is 0 Å². The fraction of sp³-hybridized carbons (Fsp3) is 0.562. The van der Waals surface area contributed by atoms with Crippen LogP contribution < -0.4 is 10.1 Å². The van der Waals surface area contributed by atoms with E-state index in [0.29, 0.717) is 5.75 Å². The molecule has 1 N–H and O–H groups in total. The van der Waals surface area contributed by atoms with Crippen LogP contribution in [0.1, 0.15) is 44.9 Å². The average Bonchev–Trinajstić information content (AvgIpc) is 2.38. The smallest absolute Gasteiger partial charge is 0.227 e. The fourth-order valence-electron chi connectivity index (χ4n) is 2.73. The fourth-order valence-corrected chi connectivity index (χ4v) is 3.09. The maximum absolute atomic E-state index is 12.4. The van der Waals surface area contributed by atoms with Gasteiger partial charge in [0.2, 0.25) is 5.91 Å². The van der Waals surface area contributed by atoms with Gasteiger partial charge in [0.05, 0.1) is 12.8 Å². The van der Waals surface area contributed by atoms with Crippen molar-refractivity contribution in [2.24, 2.45) is 5.92 Å². The summed E-state index contributed by atoms with van der Waals surface area (Å²) in [6, 6.07) is 5.65. The van der Waals surface area contributed by atoms with Gasteiger partial charge < -0.3 is 10.1 Å². The highest BCUT2D eigenvalue weighted by Crippen LogP contribution is 2.30. The predicted molar refractivity (Wildman–Crippen MR) is 85.1 cm³/mol. The number of hydrogen-bond donors (Lipinski definition) is 1. The number of ether oxygens (including phenoxy) is 1. The zero-order valence-electron chi connectivity index (χ0n) is 12.0. The number of anilines is 1. The molecule has 0 aromatic heterocycles. The first-order chi connectivity index (χ1) is 9.70. The van der Waals surface area contributed by atoms with Crippen molar-refractivity contribution in [2.45, 2.75) is 44.9 Å². The maximum Gasteiger partial charge on any atom is 0.227 e. The largest absolute Gasteiger partial charge is 0.495 e. The van der Waals surface area contributed by atoms with Crippen LogP contribution in [0.3, 0.4) is 0 Å². The molecule has 0 unspecified atom stereocenters. The number of rotatable bonds is 3. The summed E-state index contributed by atoms with van der Waals surface area (Å²) in [4.78, 5) is 12.4.